The van der Waals surface area contributed by atoms with Gasteiger partial charge in [0.15, 0.2) is 5.58 Å². The standard InChI is InChI=1S/C16H19N3O2/c20-16(19-9-11-4-3-5-12(10-19)17-11)8-14-13-6-1-2-7-15(13)21-18-14/h1-2,6-7,11-12,17H,3-5,8-10H2/t11-,12+. The number of aromatic nitrogens is 1. The van der Waals surface area contributed by atoms with Crippen molar-refractivity contribution in [3.05, 3.63) is 30.0 Å². The summed E-state index contributed by atoms with van der Waals surface area (Å²) in [6.45, 7) is 1.65. The molecule has 2 aliphatic heterocycles. The molecule has 0 aliphatic carbocycles. The average molecular weight is 285 g/mol. The van der Waals surface area contributed by atoms with Crippen LogP contribution in [0.2, 0.25) is 0 Å². The van der Waals surface area contributed by atoms with Crippen LogP contribution in [0.25, 0.3) is 11.0 Å². The van der Waals surface area contributed by atoms with Crippen LogP contribution in [0.5, 0.6) is 0 Å². The van der Waals surface area contributed by atoms with Gasteiger partial charge < -0.3 is 14.7 Å². The Bertz CT molecular complexity index is 654. The molecule has 0 spiro atoms. The summed E-state index contributed by atoms with van der Waals surface area (Å²) in [4.78, 5) is 14.6. The first kappa shape index (κ1) is 12.8. The topological polar surface area (TPSA) is 58.4 Å². The first-order valence-electron chi connectivity index (χ1n) is 7.67. The second kappa shape index (κ2) is 5.15. The summed E-state index contributed by atoms with van der Waals surface area (Å²) in [7, 11) is 0. The monoisotopic (exact) mass is 285 g/mol. The zero-order valence-electron chi connectivity index (χ0n) is 11.9. The largest absolute Gasteiger partial charge is 0.356 e. The van der Waals surface area contributed by atoms with Crippen molar-refractivity contribution in [2.75, 3.05) is 13.1 Å². The van der Waals surface area contributed by atoms with Crippen LogP contribution < -0.4 is 5.32 Å². The van der Waals surface area contributed by atoms with E-state index in [0.717, 1.165) is 29.8 Å². The molecule has 0 saturated carbocycles. The van der Waals surface area contributed by atoms with Gasteiger partial charge in [0.25, 0.3) is 0 Å². The number of hydrogen-bond acceptors (Lipinski definition) is 4. The van der Waals surface area contributed by atoms with Crippen LogP contribution in [-0.2, 0) is 11.2 Å². The number of nitrogens with one attached hydrogen (secondary N) is 1. The van der Waals surface area contributed by atoms with Gasteiger partial charge in [-0.15, -0.1) is 0 Å². The maximum atomic E-state index is 12.6. The molecule has 3 heterocycles. The maximum Gasteiger partial charge on any atom is 0.228 e. The summed E-state index contributed by atoms with van der Waals surface area (Å²) in [6.07, 6.45) is 3.95. The van der Waals surface area contributed by atoms with Gasteiger partial charge >= 0.3 is 0 Å². The molecule has 2 aromatic rings. The lowest BCUT2D eigenvalue weighted by atomic mass is 9.94. The number of benzene rings is 1. The number of fused-ring (bicyclic) bond motifs is 3. The first-order chi connectivity index (χ1) is 10.3. The number of likely N-dealkylation sites (tertiary alicyclic amines) is 1. The molecule has 1 aromatic carbocycles. The normalized spacial score (nSPS) is 25.2. The van der Waals surface area contributed by atoms with Crippen molar-refractivity contribution < 1.29 is 9.32 Å². The fourth-order valence-corrected chi connectivity index (χ4v) is 3.53. The van der Waals surface area contributed by atoms with E-state index in [0.29, 0.717) is 18.5 Å². The van der Waals surface area contributed by atoms with Gasteiger partial charge in [-0.3, -0.25) is 4.79 Å². The number of piperidine rings is 1. The summed E-state index contributed by atoms with van der Waals surface area (Å²) < 4.78 is 5.28. The highest BCUT2D eigenvalue weighted by Gasteiger charge is 2.32. The highest BCUT2D eigenvalue weighted by molar-refractivity contribution is 5.86. The predicted octanol–water partition coefficient (Wildman–Crippen LogP) is 1.72. The minimum atomic E-state index is 0.160. The van der Waals surface area contributed by atoms with Gasteiger partial charge in [0, 0.05) is 30.6 Å². The molecular weight excluding hydrogens is 266 g/mol. The van der Waals surface area contributed by atoms with E-state index in [2.05, 4.69) is 10.5 Å². The zero-order chi connectivity index (χ0) is 14.2. The van der Waals surface area contributed by atoms with Crippen molar-refractivity contribution in [2.24, 2.45) is 0 Å². The number of carbonyl (C=O) groups is 1. The van der Waals surface area contributed by atoms with Crippen LogP contribution in [0.3, 0.4) is 0 Å². The number of amides is 1. The summed E-state index contributed by atoms with van der Waals surface area (Å²) in [5.41, 5.74) is 1.50. The molecule has 1 amide bonds. The molecule has 110 valence electrons. The van der Waals surface area contributed by atoms with Gasteiger partial charge in [-0.05, 0) is 25.0 Å². The molecule has 2 saturated heterocycles. The third kappa shape index (κ3) is 2.42. The van der Waals surface area contributed by atoms with Crippen LogP contribution in [-0.4, -0.2) is 41.1 Å². The Morgan fingerprint density at radius 3 is 2.86 bits per heavy atom. The predicted molar refractivity (Wildman–Crippen MR) is 78.9 cm³/mol. The molecule has 1 N–H and O–H groups in total. The van der Waals surface area contributed by atoms with Crippen molar-refractivity contribution in [3.8, 4) is 0 Å². The Morgan fingerprint density at radius 2 is 2.05 bits per heavy atom. The van der Waals surface area contributed by atoms with Crippen molar-refractivity contribution >= 4 is 16.9 Å². The highest BCUT2D eigenvalue weighted by Crippen LogP contribution is 2.22. The molecule has 21 heavy (non-hydrogen) atoms. The smallest absolute Gasteiger partial charge is 0.228 e. The summed E-state index contributed by atoms with van der Waals surface area (Å²) in [5.74, 6) is 0.160. The van der Waals surface area contributed by atoms with Crippen LogP contribution in [0.4, 0.5) is 0 Å². The second-order valence-electron chi connectivity index (χ2n) is 6.09. The van der Waals surface area contributed by atoms with Crippen LogP contribution in [0, 0.1) is 0 Å². The van der Waals surface area contributed by atoms with E-state index in [4.69, 9.17) is 4.52 Å². The lowest BCUT2D eigenvalue weighted by molar-refractivity contribution is -0.133. The molecule has 5 heteroatoms. The van der Waals surface area contributed by atoms with E-state index in [9.17, 15) is 4.79 Å². The molecule has 2 fully saturated rings. The van der Waals surface area contributed by atoms with Gasteiger partial charge in [0.1, 0.15) is 5.69 Å². The third-order valence-electron chi connectivity index (χ3n) is 4.58. The Morgan fingerprint density at radius 1 is 1.29 bits per heavy atom. The van der Waals surface area contributed by atoms with Gasteiger partial charge in [-0.2, -0.15) is 0 Å². The van der Waals surface area contributed by atoms with Gasteiger partial charge in [0.05, 0.1) is 6.42 Å². The fourth-order valence-electron chi connectivity index (χ4n) is 3.53. The third-order valence-corrected chi connectivity index (χ3v) is 4.58. The maximum absolute atomic E-state index is 12.6. The number of para-hydroxylation sites is 1. The van der Waals surface area contributed by atoms with Gasteiger partial charge in [-0.25, -0.2) is 0 Å². The molecular formula is C16H19N3O2. The fraction of sp³-hybridized carbons (Fsp3) is 0.500. The zero-order valence-corrected chi connectivity index (χ0v) is 11.9. The average Bonchev–Trinajstić information content (AvgIpc) is 2.90. The number of rotatable bonds is 2. The second-order valence-corrected chi connectivity index (χ2v) is 6.09. The number of nitrogens with zero attached hydrogens (tertiary/aromatic N) is 2. The van der Waals surface area contributed by atoms with Crippen molar-refractivity contribution in [3.63, 3.8) is 0 Å². The number of piperazine rings is 1. The highest BCUT2D eigenvalue weighted by atomic mass is 16.5. The molecule has 5 nitrogen and oxygen atoms in total. The van der Waals surface area contributed by atoms with E-state index in [1.54, 1.807) is 0 Å². The molecule has 2 aliphatic rings. The van der Waals surface area contributed by atoms with Crippen molar-refractivity contribution in [1.82, 2.24) is 15.4 Å². The lowest BCUT2D eigenvalue weighted by Crippen LogP contribution is -2.60. The Kier molecular flexibility index (Phi) is 3.15. The van der Waals surface area contributed by atoms with E-state index in [1.807, 2.05) is 29.2 Å². The Balaban J connectivity index is 1.50. The Labute approximate surface area is 123 Å². The van der Waals surface area contributed by atoms with E-state index in [1.165, 1.54) is 19.3 Å². The van der Waals surface area contributed by atoms with Gasteiger partial charge in [-0.1, -0.05) is 23.7 Å². The minimum absolute atomic E-state index is 0.160. The van der Waals surface area contributed by atoms with Gasteiger partial charge in [0.2, 0.25) is 5.91 Å². The van der Waals surface area contributed by atoms with E-state index in [-0.39, 0.29) is 5.91 Å². The number of hydrogen-bond donors (Lipinski definition) is 1. The minimum Gasteiger partial charge on any atom is -0.356 e. The van der Waals surface area contributed by atoms with Crippen LogP contribution in [0.15, 0.2) is 28.8 Å². The first-order valence-corrected chi connectivity index (χ1v) is 7.67. The quantitative estimate of drug-likeness (QED) is 0.913. The summed E-state index contributed by atoms with van der Waals surface area (Å²) in [5, 5.41) is 8.61. The van der Waals surface area contributed by atoms with Crippen LogP contribution >= 0.6 is 0 Å². The molecule has 2 atom stereocenters. The Hall–Kier alpha value is -1.88. The number of carbonyl (C=O) groups excluding carboxylic acids is 1. The summed E-state index contributed by atoms with van der Waals surface area (Å²) in [6, 6.07) is 8.64. The molecule has 2 bridgehead atoms. The molecule has 1 aromatic heterocycles. The van der Waals surface area contributed by atoms with E-state index >= 15 is 0 Å². The van der Waals surface area contributed by atoms with Crippen molar-refractivity contribution in [2.45, 2.75) is 37.8 Å². The van der Waals surface area contributed by atoms with Crippen molar-refractivity contribution in [1.29, 1.82) is 0 Å². The summed E-state index contributed by atoms with van der Waals surface area (Å²) >= 11 is 0. The molecule has 0 radical (unpaired) electrons. The molecule has 4 rings (SSSR count). The SMILES string of the molecule is O=C(Cc1noc2ccccc12)N1C[C@H]2CCC[C@@H](C1)N2. The van der Waals surface area contributed by atoms with E-state index < -0.39 is 0 Å². The lowest BCUT2D eigenvalue weighted by Gasteiger charge is -2.42. The van der Waals surface area contributed by atoms with Crippen LogP contribution in [0.1, 0.15) is 25.0 Å². The molecule has 0 unspecified atom stereocenters.